The first kappa shape index (κ1) is 21.9. The van der Waals surface area contributed by atoms with Crippen molar-refractivity contribution in [2.45, 2.75) is 45.4 Å². The Morgan fingerprint density at radius 2 is 1.83 bits per heavy atom. The number of nitrogens with one attached hydrogen (secondary N) is 1. The largest absolute Gasteiger partial charge is 0.462 e. The minimum Gasteiger partial charge on any atom is -0.462 e. The van der Waals surface area contributed by atoms with E-state index in [-0.39, 0.29) is 11.9 Å². The highest BCUT2D eigenvalue weighted by Crippen LogP contribution is 2.37. The SMILES string of the molecule is CCOC(=O)c1c(NC(=O)C=Cc2c(Cl)cccc2Cl)sc2c1CCCCCC2. The molecule has 1 aromatic carbocycles. The van der Waals surface area contributed by atoms with E-state index in [0.717, 1.165) is 37.7 Å². The van der Waals surface area contributed by atoms with E-state index < -0.39 is 0 Å². The Balaban J connectivity index is 1.87. The van der Waals surface area contributed by atoms with Crippen LogP contribution in [0.15, 0.2) is 24.3 Å². The topological polar surface area (TPSA) is 55.4 Å². The molecule has 0 aliphatic heterocycles. The number of carbonyl (C=O) groups excluding carboxylic acids is 2. The van der Waals surface area contributed by atoms with Gasteiger partial charge in [-0.25, -0.2) is 4.79 Å². The average molecular weight is 452 g/mol. The molecule has 0 unspecified atom stereocenters. The zero-order valence-corrected chi connectivity index (χ0v) is 18.6. The van der Waals surface area contributed by atoms with E-state index in [9.17, 15) is 9.59 Å². The van der Waals surface area contributed by atoms with Gasteiger partial charge in [0.25, 0.3) is 0 Å². The van der Waals surface area contributed by atoms with Crippen molar-refractivity contribution in [3.05, 3.63) is 55.9 Å². The number of halogens is 2. The summed E-state index contributed by atoms with van der Waals surface area (Å²) >= 11 is 13.8. The molecule has 154 valence electrons. The van der Waals surface area contributed by atoms with Crippen molar-refractivity contribution in [3.63, 3.8) is 0 Å². The Morgan fingerprint density at radius 1 is 1.14 bits per heavy atom. The lowest BCUT2D eigenvalue weighted by Gasteiger charge is -2.11. The fraction of sp³-hybridized carbons (Fsp3) is 0.364. The molecule has 0 saturated carbocycles. The molecule has 0 spiro atoms. The van der Waals surface area contributed by atoms with Crippen LogP contribution in [-0.2, 0) is 22.4 Å². The molecule has 4 nitrogen and oxygen atoms in total. The first-order valence-electron chi connectivity index (χ1n) is 9.76. The third-order valence-corrected chi connectivity index (χ3v) is 6.66. The number of fused-ring (bicyclic) bond motifs is 1. The molecule has 0 bridgehead atoms. The molecule has 1 aliphatic rings. The van der Waals surface area contributed by atoms with Crippen molar-refractivity contribution in [2.75, 3.05) is 11.9 Å². The number of benzene rings is 1. The van der Waals surface area contributed by atoms with E-state index in [0.29, 0.717) is 32.8 Å². The second-order valence-electron chi connectivity index (χ2n) is 6.80. The van der Waals surface area contributed by atoms with Crippen LogP contribution in [-0.4, -0.2) is 18.5 Å². The molecule has 1 aromatic heterocycles. The molecule has 1 N–H and O–H groups in total. The van der Waals surface area contributed by atoms with Gasteiger partial charge in [0.2, 0.25) is 5.91 Å². The van der Waals surface area contributed by atoms with Crippen LogP contribution in [0.4, 0.5) is 5.00 Å². The maximum Gasteiger partial charge on any atom is 0.341 e. The third-order valence-electron chi connectivity index (χ3n) is 4.79. The average Bonchev–Trinajstić information content (AvgIpc) is 2.97. The van der Waals surface area contributed by atoms with Crippen LogP contribution < -0.4 is 5.32 Å². The number of carbonyl (C=O) groups is 2. The fourth-order valence-corrected chi connectivity index (χ4v) is 5.21. The van der Waals surface area contributed by atoms with Gasteiger partial charge in [0.1, 0.15) is 5.00 Å². The number of esters is 1. The summed E-state index contributed by atoms with van der Waals surface area (Å²) in [6, 6.07) is 5.17. The number of aryl methyl sites for hydroxylation is 1. The molecule has 1 heterocycles. The molecule has 3 rings (SSSR count). The summed E-state index contributed by atoms with van der Waals surface area (Å²) in [7, 11) is 0. The molecular formula is C22H23Cl2NO3S. The molecule has 29 heavy (non-hydrogen) atoms. The molecule has 7 heteroatoms. The van der Waals surface area contributed by atoms with Gasteiger partial charge in [0.05, 0.1) is 12.2 Å². The number of hydrogen-bond donors (Lipinski definition) is 1. The first-order valence-corrected chi connectivity index (χ1v) is 11.3. The lowest BCUT2D eigenvalue weighted by molar-refractivity contribution is -0.111. The first-order chi connectivity index (χ1) is 14.0. The Morgan fingerprint density at radius 3 is 2.52 bits per heavy atom. The summed E-state index contributed by atoms with van der Waals surface area (Å²) in [5.41, 5.74) is 2.11. The maximum atomic E-state index is 12.6. The normalized spacial score (nSPS) is 14.2. The Labute approximate surface area is 184 Å². The van der Waals surface area contributed by atoms with E-state index in [1.807, 2.05) is 0 Å². The Bertz CT molecular complexity index is 916. The molecular weight excluding hydrogens is 429 g/mol. The van der Waals surface area contributed by atoms with Gasteiger partial charge >= 0.3 is 5.97 Å². The van der Waals surface area contributed by atoms with Crippen molar-refractivity contribution in [3.8, 4) is 0 Å². The van der Waals surface area contributed by atoms with Gasteiger partial charge in [-0.05, 0) is 56.4 Å². The number of anilines is 1. The summed E-state index contributed by atoms with van der Waals surface area (Å²) in [5, 5.41) is 4.35. The van der Waals surface area contributed by atoms with Gasteiger partial charge < -0.3 is 10.1 Å². The number of hydrogen-bond acceptors (Lipinski definition) is 4. The molecule has 1 aliphatic carbocycles. The number of amides is 1. The van der Waals surface area contributed by atoms with Crippen LogP contribution in [0, 0.1) is 0 Å². The van der Waals surface area contributed by atoms with Crippen molar-refractivity contribution in [2.24, 2.45) is 0 Å². The Hall–Kier alpha value is -1.82. The summed E-state index contributed by atoms with van der Waals surface area (Å²) in [6.07, 6.45) is 9.18. The van der Waals surface area contributed by atoms with E-state index in [1.54, 1.807) is 31.2 Å². The molecule has 0 atom stereocenters. The zero-order valence-electron chi connectivity index (χ0n) is 16.2. The van der Waals surface area contributed by atoms with Crippen LogP contribution in [0.3, 0.4) is 0 Å². The molecule has 2 aromatic rings. The van der Waals surface area contributed by atoms with Crippen molar-refractivity contribution < 1.29 is 14.3 Å². The summed E-state index contributed by atoms with van der Waals surface area (Å²) < 4.78 is 5.27. The molecule has 0 radical (unpaired) electrons. The Kier molecular flexibility index (Phi) is 7.76. The minimum atomic E-state index is -0.376. The predicted octanol–water partition coefficient (Wildman–Crippen LogP) is 6.54. The quantitative estimate of drug-likeness (QED) is 0.414. The van der Waals surface area contributed by atoms with Crippen LogP contribution >= 0.6 is 34.5 Å². The van der Waals surface area contributed by atoms with E-state index in [2.05, 4.69) is 5.32 Å². The maximum absolute atomic E-state index is 12.6. The number of rotatable bonds is 5. The highest BCUT2D eigenvalue weighted by atomic mass is 35.5. The highest BCUT2D eigenvalue weighted by Gasteiger charge is 2.25. The third kappa shape index (κ3) is 5.41. The van der Waals surface area contributed by atoms with Gasteiger partial charge in [-0.2, -0.15) is 0 Å². The van der Waals surface area contributed by atoms with Crippen molar-refractivity contribution in [1.82, 2.24) is 0 Å². The molecule has 0 fully saturated rings. The van der Waals surface area contributed by atoms with Crippen molar-refractivity contribution >= 4 is 57.5 Å². The van der Waals surface area contributed by atoms with Crippen molar-refractivity contribution in [1.29, 1.82) is 0 Å². The fourth-order valence-electron chi connectivity index (χ4n) is 3.41. The van der Waals surface area contributed by atoms with Gasteiger partial charge in [0, 0.05) is 26.6 Å². The van der Waals surface area contributed by atoms with E-state index >= 15 is 0 Å². The summed E-state index contributed by atoms with van der Waals surface area (Å²) in [6.45, 7) is 2.07. The lowest BCUT2D eigenvalue weighted by Crippen LogP contribution is -2.13. The van der Waals surface area contributed by atoms with Gasteiger partial charge in [-0.3, -0.25) is 4.79 Å². The number of ether oxygens (including phenoxy) is 1. The van der Waals surface area contributed by atoms with Crippen LogP contribution in [0.5, 0.6) is 0 Å². The minimum absolute atomic E-state index is 0.293. The van der Waals surface area contributed by atoms with E-state index in [4.69, 9.17) is 27.9 Å². The van der Waals surface area contributed by atoms with Gasteiger partial charge in [0.15, 0.2) is 0 Å². The summed E-state index contributed by atoms with van der Waals surface area (Å²) in [5.74, 6) is -0.722. The van der Waals surface area contributed by atoms with Crippen LogP contribution in [0.2, 0.25) is 10.0 Å². The van der Waals surface area contributed by atoms with E-state index in [1.165, 1.54) is 28.7 Å². The molecule has 0 saturated heterocycles. The van der Waals surface area contributed by atoms with Gasteiger partial charge in [-0.1, -0.05) is 42.1 Å². The smallest absolute Gasteiger partial charge is 0.341 e. The van der Waals surface area contributed by atoms with Crippen LogP contribution in [0.1, 0.15) is 59.0 Å². The highest BCUT2D eigenvalue weighted by molar-refractivity contribution is 7.17. The lowest BCUT2D eigenvalue weighted by atomic mass is 9.96. The van der Waals surface area contributed by atoms with Crippen LogP contribution in [0.25, 0.3) is 6.08 Å². The summed E-state index contributed by atoms with van der Waals surface area (Å²) in [4.78, 5) is 26.4. The second kappa shape index (κ2) is 10.3. The molecule has 1 amide bonds. The monoisotopic (exact) mass is 451 g/mol. The number of thiophene rings is 1. The second-order valence-corrected chi connectivity index (χ2v) is 8.72. The van der Waals surface area contributed by atoms with Gasteiger partial charge in [-0.15, -0.1) is 11.3 Å². The zero-order chi connectivity index (χ0) is 20.8. The standard InChI is InChI=1S/C22H23Cl2NO3S/c1-2-28-22(27)20-15-8-5-3-4-6-11-18(15)29-21(20)25-19(26)13-12-14-16(23)9-7-10-17(14)24/h7,9-10,12-13H,2-6,8,11H2,1H3,(H,25,26). The predicted molar refractivity (Wildman–Crippen MR) is 120 cm³/mol.